The van der Waals surface area contributed by atoms with Crippen molar-refractivity contribution in [1.29, 1.82) is 0 Å². The zero-order valence-corrected chi connectivity index (χ0v) is 16.5. The van der Waals surface area contributed by atoms with E-state index in [0.717, 1.165) is 16.8 Å². The average molecular weight is 392 g/mol. The van der Waals surface area contributed by atoms with Crippen molar-refractivity contribution in [3.8, 4) is 0 Å². The minimum Gasteiger partial charge on any atom is -0.458 e. The van der Waals surface area contributed by atoms with Crippen molar-refractivity contribution in [2.75, 3.05) is 4.90 Å². The van der Waals surface area contributed by atoms with Gasteiger partial charge in [0.1, 0.15) is 6.61 Å². The summed E-state index contributed by atoms with van der Waals surface area (Å²) in [5.41, 5.74) is 3.43. The van der Waals surface area contributed by atoms with Crippen LogP contribution in [0.25, 0.3) is 6.08 Å². The van der Waals surface area contributed by atoms with Gasteiger partial charge in [-0.15, -0.1) is 11.3 Å². The molecule has 6 heteroatoms. The molecule has 1 heterocycles. The maximum atomic E-state index is 12.1. The van der Waals surface area contributed by atoms with Gasteiger partial charge < -0.3 is 4.74 Å². The van der Waals surface area contributed by atoms with Crippen molar-refractivity contribution >= 4 is 40.1 Å². The molecule has 0 saturated heterocycles. The molecule has 0 aliphatic carbocycles. The molecule has 0 aliphatic rings. The Morgan fingerprint density at radius 2 is 1.82 bits per heavy atom. The van der Waals surface area contributed by atoms with Gasteiger partial charge in [0, 0.05) is 18.4 Å². The molecule has 0 radical (unpaired) electrons. The van der Waals surface area contributed by atoms with Crippen LogP contribution < -0.4 is 4.90 Å². The molecule has 3 aromatic rings. The molecule has 0 saturated carbocycles. The molecule has 0 unspecified atom stereocenters. The van der Waals surface area contributed by atoms with Gasteiger partial charge >= 0.3 is 5.97 Å². The smallest absolute Gasteiger partial charge is 0.331 e. The number of carbonyl (C=O) groups is 2. The summed E-state index contributed by atoms with van der Waals surface area (Å²) in [5, 5.41) is 2.34. The van der Waals surface area contributed by atoms with Gasteiger partial charge in [-0.2, -0.15) is 0 Å². The number of benzene rings is 2. The van der Waals surface area contributed by atoms with Gasteiger partial charge in [0.15, 0.2) is 5.13 Å². The summed E-state index contributed by atoms with van der Waals surface area (Å²) in [6.45, 7) is 3.72. The summed E-state index contributed by atoms with van der Waals surface area (Å²) in [6.07, 6.45) is 2.93. The van der Waals surface area contributed by atoms with Crippen molar-refractivity contribution in [2.24, 2.45) is 0 Å². The van der Waals surface area contributed by atoms with Gasteiger partial charge in [0.2, 0.25) is 5.91 Å². The lowest BCUT2D eigenvalue weighted by atomic mass is 10.2. The van der Waals surface area contributed by atoms with E-state index in [2.05, 4.69) is 4.98 Å². The van der Waals surface area contributed by atoms with Crippen molar-refractivity contribution < 1.29 is 14.3 Å². The largest absolute Gasteiger partial charge is 0.458 e. The third-order valence-corrected chi connectivity index (χ3v) is 4.77. The van der Waals surface area contributed by atoms with Gasteiger partial charge in [-0.1, -0.05) is 48.0 Å². The summed E-state index contributed by atoms with van der Waals surface area (Å²) in [4.78, 5) is 30.0. The minimum absolute atomic E-state index is 0.131. The van der Waals surface area contributed by atoms with Crippen molar-refractivity contribution in [1.82, 2.24) is 4.98 Å². The Kier molecular flexibility index (Phi) is 6.34. The highest BCUT2D eigenvalue weighted by atomic mass is 32.1. The predicted octanol–water partition coefficient (Wildman–Crippen LogP) is 4.89. The zero-order chi connectivity index (χ0) is 19.9. The topological polar surface area (TPSA) is 59.5 Å². The van der Waals surface area contributed by atoms with E-state index in [1.807, 2.05) is 61.5 Å². The van der Waals surface area contributed by atoms with Crippen molar-refractivity contribution in [2.45, 2.75) is 20.5 Å². The number of rotatable bonds is 6. The number of anilines is 2. The molecule has 1 amide bonds. The number of ether oxygens (including phenoxy) is 1. The van der Waals surface area contributed by atoms with E-state index in [1.54, 1.807) is 11.5 Å². The Hall–Kier alpha value is -3.25. The van der Waals surface area contributed by atoms with E-state index in [9.17, 15) is 9.59 Å². The molecule has 0 aliphatic heterocycles. The first-order valence-electron chi connectivity index (χ1n) is 8.74. The molecule has 5 nitrogen and oxygen atoms in total. The molecule has 0 fully saturated rings. The number of aromatic nitrogens is 1. The summed E-state index contributed by atoms with van der Waals surface area (Å²) in [6, 6.07) is 17.1. The fourth-order valence-electron chi connectivity index (χ4n) is 2.50. The SMILES string of the molecule is CC(=O)N(c1ccccc1)c1nc(/C=C/C(=O)OCc2ccc(C)cc2)cs1. The van der Waals surface area contributed by atoms with Crippen molar-refractivity contribution in [3.63, 3.8) is 0 Å². The monoisotopic (exact) mass is 392 g/mol. The number of carbonyl (C=O) groups excluding carboxylic acids is 2. The second kappa shape index (κ2) is 9.10. The maximum Gasteiger partial charge on any atom is 0.331 e. The molecule has 142 valence electrons. The second-order valence-corrected chi connectivity index (χ2v) is 7.01. The fourth-order valence-corrected chi connectivity index (χ4v) is 3.35. The van der Waals surface area contributed by atoms with Crippen LogP contribution >= 0.6 is 11.3 Å². The first-order valence-corrected chi connectivity index (χ1v) is 9.62. The van der Waals surface area contributed by atoms with Crippen LogP contribution in [0, 0.1) is 6.92 Å². The predicted molar refractivity (Wildman–Crippen MR) is 111 cm³/mol. The Bertz CT molecular complexity index is 979. The number of hydrogen-bond donors (Lipinski definition) is 0. The van der Waals surface area contributed by atoms with E-state index in [0.29, 0.717) is 10.8 Å². The molecule has 0 atom stereocenters. The van der Waals surface area contributed by atoms with Gasteiger partial charge in [-0.05, 0) is 30.7 Å². The van der Waals surface area contributed by atoms with Crippen LogP contribution in [0.3, 0.4) is 0 Å². The van der Waals surface area contributed by atoms with Gasteiger partial charge in [-0.3, -0.25) is 9.69 Å². The van der Waals surface area contributed by atoms with E-state index in [4.69, 9.17) is 4.74 Å². The van der Waals surface area contributed by atoms with E-state index < -0.39 is 5.97 Å². The Morgan fingerprint density at radius 1 is 1.11 bits per heavy atom. The van der Waals surface area contributed by atoms with Crippen LogP contribution in [0.15, 0.2) is 66.1 Å². The summed E-state index contributed by atoms with van der Waals surface area (Å²) in [5.74, 6) is -0.574. The molecule has 0 bridgehead atoms. The highest BCUT2D eigenvalue weighted by Crippen LogP contribution is 2.29. The molecular weight excluding hydrogens is 372 g/mol. The van der Waals surface area contributed by atoms with Crippen LogP contribution in [0.1, 0.15) is 23.7 Å². The summed E-state index contributed by atoms with van der Waals surface area (Å²) < 4.78 is 5.24. The Labute approximate surface area is 167 Å². The molecule has 1 aromatic heterocycles. The van der Waals surface area contributed by atoms with Crippen LogP contribution in [0.2, 0.25) is 0 Å². The third-order valence-electron chi connectivity index (χ3n) is 3.92. The first-order chi connectivity index (χ1) is 13.5. The number of thiazole rings is 1. The molecule has 2 aromatic carbocycles. The summed E-state index contributed by atoms with van der Waals surface area (Å²) in [7, 11) is 0. The highest BCUT2D eigenvalue weighted by Gasteiger charge is 2.17. The molecule has 3 rings (SSSR count). The fraction of sp³-hybridized carbons (Fsp3) is 0.136. The maximum absolute atomic E-state index is 12.1. The highest BCUT2D eigenvalue weighted by molar-refractivity contribution is 7.14. The lowest BCUT2D eigenvalue weighted by Crippen LogP contribution is -2.22. The number of aryl methyl sites for hydroxylation is 1. The van der Waals surface area contributed by atoms with Crippen molar-refractivity contribution in [3.05, 3.63) is 82.9 Å². The van der Waals surface area contributed by atoms with E-state index in [1.165, 1.54) is 29.2 Å². The Balaban J connectivity index is 1.63. The van der Waals surface area contributed by atoms with E-state index >= 15 is 0 Å². The van der Waals surface area contributed by atoms with Gasteiger partial charge in [-0.25, -0.2) is 9.78 Å². The van der Waals surface area contributed by atoms with Gasteiger partial charge in [0.05, 0.1) is 11.4 Å². The lowest BCUT2D eigenvalue weighted by molar-refractivity contribution is -0.138. The lowest BCUT2D eigenvalue weighted by Gasteiger charge is -2.17. The zero-order valence-electron chi connectivity index (χ0n) is 15.7. The minimum atomic E-state index is -0.443. The van der Waals surface area contributed by atoms with Crippen LogP contribution in [0.4, 0.5) is 10.8 Å². The first kappa shape index (κ1) is 19.5. The quantitative estimate of drug-likeness (QED) is 0.442. The number of para-hydroxylation sites is 1. The number of hydrogen-bond acceptors (Lipinski definition) is 5. The van der Waals surface area contributed by atoms with E-state index in [-0.39, 0.29) is 12.5 Å². The second-order valence-electron chi connectivity index (χ2n) is 6.17. The third kappa shape index (κ3) is 5.14. The number of amides is 1. The Morgan fingerprint density at radius 3 is 2.50 bits per heavy atom. The van der Waals surface area contributed by atoms with Crippen LogP contribution in [-0.2, 0) is 20.9 Å². The molecule has 28 heavy (non-hydrogen) atoms. The van der Waals surface area contributed by atoms with Crippen LogP contribution in [-0.4, -0.2) is 16.9 Å². The molecule has 0 N–H and O–H groups in total. The standard InChI is InChI=1S/C22H20N2O3S/c1-16-8-10-18(11-9-16)14-27-21(26)13-12-19-15-28-22(23-19)24(17(2)25)20-6-4-3-5-7-20/h3-13,15H,14H2,1-2H3/b13-12+. The number of nitrogens with zero attached hydrogens (tertiary/aromatic N) is 2. The average Bonchev–Trinajstić information content (AvgIpc) is 3.15. The normalized spacial score (nSPS) is 10.8. The molecule has 0 spiro atoms. The van der Waals surface area contributed by atoms with Crippen LogP contribution in [0.5, 0.6) is 0 Å². The number of esters is 1. The molecular formula is C22H20N2O3S. The van der Waals surface area contributed by atoms with Gasteiger partial charge in [0.25, 0.3) is 0 Å². The summed E-state index contributed by atoms with van der Waals surface area (Å²) >= 11 is 1.33.